The number of benzene rings is 1. The van der Waals surface area contributed by atoms with Crippen LogP contribution in [-0.2, 0) is 17.9 Å². The van der Waals surface area contributed by atoms with E-state index in [1.165, 1.54) is 20.3 Å². The third-order valence-electron chi connectivity index (χ3n) is 4.88. The summed E-state index contributed by atoms with van der Waals surface area (Å²) in [7, 11) is 0. The number of unbranched alkanes of at least 4 members (excludes halogenated alkanes) is 1. The second-order valence-corrected chi connectivity index (χ2v) is 7.91. The van der Waals surface area contributed by atoms with Gasteiger partial charge in [-0.3, -0.25) is 14.2 Å². The van der Waals surface area contributed by atoms with Crippen LogP contribution in [0.25, 0.3) is 16.0 Å². The third kappa shape index (κ3) is 3.86. The first-order valence-corrected chi connectivity index (χ1v) is 11.0. The second-order valence-electron chi connectivity index (χ2n) is 7.00. The number of hydrogen-bond donors (Lipinski definition) is 1. The largest absolute Gasteiger partial charge is 0.492 e. The lowest BCUT2D eigenvalue weighted by Gasteiger charge is -2.10. The number of nitrogens with zero attached hydrogens (tertiary/aromatic N) is 4. The van der Waals surface area contributed by atoms with Crippen LogP contribution in [0.15, 0.2) is 45.3 Å². The summed E-state index contributed by atoms with van der Waals surface area (Å²) in [6, 6.07) is 8.82. The van der Waals surface area contributed by atoms with Crippen molar-refractivity contribution < 1.29 is 9.53 Å². The van der Waals surface area contributed by atoms with Crippen LogP contribution in [-0.4, -0.2) is 31.3 Å². The Morgan fingerprint density at radius 2 is 2.00 bits per heavy atom. The Kier molecular flexibility index (Phi) is 5.90. The molecule has 1 amide bonds. The average molecular weight is 442 g/mol. The van der Waals surface area contributed by atoms with Crippen molar-refractivity contribution in [2.45, 2.75) is 39.8 Å². The highest BCUT2D eigenvalue weighted by atomic mass is 32.1. The lowest BCUT2D eigenvalue weighted by atomic mass is 10.3. The van der Waals surface area contributed by atoms with Gasteiger partial charge in [0.2, 0.25) is 11.7 Å². The number of carbonyl (C=O) groups excluding carboxylic acids is 1. The molecule has 10 heteroatoms. The van der Waals surface area contributed by atoms with Gasteiger partial charge >= 0.3 is 5.69 Å². The van der Waals surface area contributed by atoms with Crippen molar-refractivity contribution in [3.05, 3.63) is 56.5 Å². The van der Waals surface area contributed by atoms with Gasteiger partial charge in [0.25, 0.3) is 5.56 Å². The van der Waals surface area contributed by atoms with Gasteiger partial charge in [0, 0.05) is 6.54 Å². The van der Waals surface area contributed by atoms with Gasteiger partial charge in [-0.15, -0.1) is 16.4 Å². The predicted molar refractivity (Wildman–Crippen MR) is 120 cm³/mol. The maximum absolute atomic E-state index is 13.1. The van der Waals surface area contributed by atoms with Crippen molar-refractivity contribution in [2.24, 2.45) is 0 Å². The molecule has 0 bridgehead atoms. The number of thiophene rings is 1. The number of rotatable bonds is 8. The van der Waals surface area contributed by atoms with Crippen LogP contribution >= 0.6 is 11.3 Å². The Balaban J connectivity index is 1.72. The van der Waals surface area contributed by atoms with Gasteiger partial charge in [-0.2, -0.15) is 0 Å². The van der Waals surface area contributed by atoms with E-state index in [9.17, 15) is 14.4 Å². The minimum atomic E-state index is -0.461. The molecule has 1 aromatic carbocycles. The molecule has 0 unspecified atom stereocenters. The number of fused-ring (bicyclic) bond motifs is 3. The number of aromatic nitrogens is 4. The van der Waals surface area contributed by atoms with E-state index in [2.05, 4.69) is 10.4 Å². The van der Waals surface area contributed by atoms with E-state index in [1.807, 2.05) is 19.9 Å². The summed E-state index contributed by atoms with van der Waals surface area (Å²) < 4.78 is 10.0. The lowest BCUT2D eigenvalue weighted by molar-refractivity contribution is -0.117. The van der Waals surface area contributed by atoms with E-state index in [-0.39, 0.29) is 17.9 Å². The van der Waals surface area contributed by atoms with E-state index in [0.717, 1.165) is 17.5 Å². The summed E-state index contributed by atoms with van der Waals surface area (Å²) in [5, 5.41) is 8.88. The standard InChI is InChI=1S/C21H23N5O4S/c1-3-5-11-24-19(28)18-15(10-12-31-18)26-20(24)23-25(21(26)29)13-17(27)22-14-8-6-7-9-16(14)30-4-2/h6-10,12H,3-5,11,13H2,1-2H3,(H,22,27). The van der Waals surface area contributed by atoms with Gasteiger partial charge in [-0.25, -0.2) is 13.9 Å². The summed E-state index contributed by atoms with van der Waals surface area (Å²) in [6.45, 7) is 4.52. The number of aryl methyl sites for hydroxylation is 1. The van der Waals surface area contributed by atoms with Gasteiger partial charge in [0.05, 0.1) is 17.8 Å². The Hall–Kier alpha value is -3.40. The molecule has 3 aromatic heterocycles. The SMILES string of the molecule is CCCCn1c(=O)c2sccc2n2c(=O)n(CC(=O)Nc3ccccc3OCC)nc12. The molecule has 0 atom stereocenters. The van der Waals surface area contributed by atoms with Crippen LogP contribution in [0.3, 0.4) is 0 Å². The highest BCUT2D eigenvalue weighted by Gasteiger charge is 2.19. The fourth-order valence-electron chi connectivity index (χ4n) is 3.43. The van der Waals surface area contributed by atoms with E-state index in [1.54, 1.807) is 29.6 Å². The summed E-state index contributed by atoms with van der Waals surface area (Å²) in [5.41, 5.74) is 0.400. The number of anilines is 1. The smallest absolute Gasteiger partial charge is 0.352 e. The molecule has 0 aliphatic rings. The van der Waals surface area contributed by atoms with Crippen molar-refractivity contribution in [2.75, 3.05) is 11.9 Å². The van der Waals surface area contributed by atoms with E-state index in [0.29, 0.717) is 34.8 Å². The highest BCUT2D eigenvalue weighted by molar-refractivity contribution is 7.17. The summed E-state index contributed by atoms with van der Waals surface area (Å²) in [4.78, 5) is 38.7. The molecule has 1 N–H and O–H groups in total. The zero-order valence-electron chi connectivity index (χ0n) is 17.3. The number of carbonyl (C=O) groups is 1. The van der Waals surface area contributed by atoms with Crippen LogP contribution < -0.4 is 21.3 Å². The molecule has 0 aliphatic carbocycles. The Morgan fingerprint density at radius 1 is 1.19 bits per heavy atom. The fraction of sp³-hybridized carbons (Fsp3) is 0.333. The average Bonchev–Trinajstić information content (AvgIpc) is 3.35. The molecular formula is C21H23N5O4S. The first kappa shape index (κ1) is 20.9. The predicted octanol–water partition coefficient (Wildman–Crippen LogP) is 2.71. The summed E-state index contributed by atoms with van der Waals surface area (Å²) in [5.74, 6) is 0.382. The number of nitrogens with one attached hydrogen (secondary N) is 1. The second kappa shape index (κ2) is 8.76. The molecule has 162 valence electrons. The van der Waals surface area contributed by atoms with Gasteiger partial charge in [0.15, 0.2) is 0 Å². The molecular weight excluding hydrogens is 418 g/mol. The number of ether oxygens (including phenoxy) is 1. The highest BCUT2D eigenvalue weighted by Crippen LogP contribution is 2.23. The van der Waals surface area contributed by atoms with Gasteiger partial charge in [-0.1, -0.05) is 25.5 Å². The molecule has 4 aromatic rings. The first-order valence-electron chi connectivity index (χ1n) is 10.2. The van der Waals surface area contributed by atoms with E-state index < -0.39 is 11.6 Å². The molecule has 31 heavy (non-hydrogen) atoms. The van der Waals surface area contributed by atoms with Crippen molar-refractivity contribution in [3.63, 3.8) is 0 Å². The molecule has 3 heterocycles. The zero-order valence-corrected chi connectivity index (χ0v) is 18.1. The van der Waals surface area contributed by atoms with Crippen LogP contribution in [0.2, 0.25) is 0 Å². The Labute approximate surface area is 181 Å². The van der Waals surface area contributed by atoms with Crippen molar-refractivity contribution in [3.8, 4) is 5.75 Å². The minimum Gasteiger partial charge on any atom is -0.492 e. The molecule has 0 saturated heterocycles. The van der Waals surface area contributed by atoms with Crippen molar-refractivity contribution in [1.29, 1.82) is 0 Å². The molecule has 4 rings (SSSR count). The minimum absolute atomic E-state index is 0.168. The van der Waals surface area contributed by atoms with Gasteiger partial charge < -0.3 is 10.1 Å². The Bertz CT molecular complexity index is 1360. The Morgan fingerprint density at radius 3 is 2.77 bits per heavy atom. The quantitative estimate of drug-likeness (QED) is 0.453. The van der Waals surface area contributed by atoms with Crippen molar-refractivity contribution in [1.82, 2.24) is 18.7 Å². The maximum atomic E-state index is 13.1. The number of amides is 1. The fourth-order valence-corrected chi connectivity index (χ4v) is 4.26. The summed E-state index contributed by atoms with van der Waals surface area (Å²) >= 11 is 1.29. The molecule has 0 aliphatic heterocycles. The third-order valence-corrected chi connectivity index (χ3v) is 5.77. The molecule has 0 saturated carbocycles. The van der Waals surface area contributed by atoms with E-state index >= 15 is 0 Å². The normalized spacial score (nSPS) is 11.3. The van der Waals surface area contributed by atoms with Crippen LogP contribution in [0, 0.1) is 0 Å². The number of para-hydroxylation sites is 2. The van der Waals surface area contributed by atoms with Crippen molar-refractivity contribution >= 4 is 38.9 Å². The summed E-state index contributed by atoms with van der Waals surface area (Å²) in [6.07, 6.45) is 1.68. The molecule has 9 nitrogen and oxygen atoms in total. The molecule has 0 radical (unpaired) electrons. The molecule has 0 spiro atoms. The topological polar surface area (TPSA) is 99.6 Å². The van der Waals surface area contributed by atoms with Crippen LogP contribution in [0.1, 0.15) is 26.7 Å². The monoisotopic (exact) mass is 441 g/mol. The van der Waals surface area contributed by atoms with Gasteiger partial charge in [-0.05, 0) is 36.9 Å². The maximum Gasteiger partial charge on any atom is 0.352 e. The van der Waals surface area contributed by atoms with E-state index in [4.69, 9.17) is 4.74 Å². The number of hydrogen-bond acceptors (Lipinski definition) is 6. The van der Waals surface area contributed by atoms with Crippen LogP contribution in [0.4, 0.5) is 5.69 Å². The van der Waals surface area contributed by atoms with Gasteiger partial charge in [0.1, 0.15) is 17.0 Å². The van der Waals surface area contributed by atoms with Crippen LogP contribution in [0.5, 0.6) is 5.75 Å². The lowest BCUT2D eigenvalue weighted by Crippen LogP contribution is -2.29. The molecule has 0 fully saturated rings. The first-order chi connectivity index (χ1) is 15.0. The zero-order chi connectivity index (χ0) is 22.0.